The van der Waals surface area contributed by atoms with Gasteiger partial charge in [-0.25, -0.2) is 0 Å². The van der Waals surface area contributed by atoms with Crippen LogP contribution < -0.4 is 10.5 Å². The second-order valence-corrected chi connectivity index (χ2v) is 5.05. The Morgan fingerprint density at radius 2 is 2.25 bits per heavy atom. The molecule has 1 heterocycles. The lowest BCUT2D eigenvalue weighted by molar-refractivity contribution is 0.365. The van der Waals surface area contributed by atoms with Gasteiger partial charge in [-0.1, -0.05) is 30.1 Å². The van der Waals surface area contributed by atoms with Crippen LogP contribution in [0.2, 0.25) is 5.02 Å². The maximum absolute atomic E-state index is 5.97. The van der Waals surface area contributed by atoms with Crippen molar-refractivity contribution in [1.29, 1.82) is 0 Å². The number of rotatable bonds is 6. The number of hydrogen-bond donors (Lipinski definition) is 1. The molecule has 0 aliphatic carbocycles. The van der Waals surface area contributed by atoms with E-state index in [9.17, 15) is 0 Å². The first-order valence-corrected chi connectivity index (χ1v) is 6.94. The zero-order chi connectivity index (χ0) is 14.5. The van der Waals surface area contributed by atoms with E-state index in [1.807, 2.05) is 6.07 Å². The van der Waals surface area contributed by atoms with Crippen molar-refractivity contribution in [3.05, 3.63) is 29.1 Å². The van der Waals surface area contributed by atoms with E-state index in [4.69, 9.17) is 26.6 Å². The van der Waals surface area contributed by atoms with Gasteiger partial charge in [0.25, 0.3) is 0 Å². The first-order valence-electron chi connectivity index (χ1n) is 6.56. The lowest BCUT2D eigenvalue weighted by Crippen LogP contribution is -2.22. The quantitative estimate of drug-likeness (QED) is 0.886. The predicted molar refractivity (Wildman–Crippen MR) is 77.9 cm³/mol. The van der Waals surface area contributed by atoms with Crippen molar-refractivity contribution in [3.63, 3.8) is 0 Å². The summed E-state index contributed by atoms with van der Waals surface area (Å²) in [4.78, 5) is 4.36. The fraction of sp³-hybridized carbons (Fsp3) is 0.429. The van der Waals surface area contributed by atoms with Crippen LogP contribution in [-0.4, -0.2) is 23.3 Å². The highest BCUT2D eigenvalue weighted by Crippen LogP contribution is 2.30. The van der Waals surface area contributed by atoms with Crippen molar-refractivity contribution in [3.8, 4) is 17.1 Å². The van der Waals surface area contributed by atoms with E-state index in [0.29, 0.717) is 28.9 Å². The molecule has 2 rings (SSSR count). The van der Waals surface area contributed by atoms with E-state index in [0.717, 1.165) is 18.4 Å². The molecule has 2 N–H and O–H groups in total. The van der Waals surface area contributed by atoms with Gasteiger partial charge >= 0.3 is 0 Å². The van der Waals surface area contributed by atoms with Crippen molar-refractivity contribution in [1.82, 2.24) is 10.1 Å². The SMILES string of the molecule is CCCC(N)Cc1nc(-c2ccc(Cl)cc2OC)no1. The van der Waals surface area contributed by atoms with Crippen molar-refractivity contribution in [2.24, 2.45) is 5.73 Å². The Morgan fingerprint density at radius 1 is 1.45 bits per heavy atom. The molecular weight excluding hydrogens is 278 g/mol. The van der Waals surface area contributed by atoms with Crippen LogP contribution in [0.5, 0.6) is 5.75 Å². The van der Waals surface area contributed by atoms with Crippen molar-refractivity contribution in [2.75, 3.05) is 7.11 Å². The van der Waals surface area contributed by atoms with Crippen LogP contribution in [0, 0.1) is 0 Å². The van der Waals surface area contributed by atoms with E-state index in [-0.39, 0.29) is 6.04 Å². The van der Waals surface area contributed by atoms with Gasteiger partial charge in [0.15, 0.2) is 0 Å². The first kappa shape index (κ1) is 14.8. The standard InChI is InChI=1S/C14H18ClN3O2/c1-3-4-10(16)8-13-17-14(18-20-13)11-6-5-9(15)7-12(11)19-2/h5-7,10H,3-4,8,16H2,1-2H3. The summed E-state index contributed by atoms with van der Waals surface area (Å²) in [6.07, 6.45) is 2.55. The third kappa shape index (κ3) is 3.49. The highest BCUT2D eigenvalue weighted by molar-refractivity contribution is 6.30. The minimum absolute atomic E-state index is 0.0420. The zero-order valence-corrected chi connectivity index (χ0v) is 12.4. The molecule has 1 aromatic heterocycles. The number of nitrogens with zero attached hydrogens (tertiary/aromatic N) is 2. The molecule has 0 saturated carbocycles. The number of nitrogens with two attached hydrogens (primary N) is 1. The van der Waals surface area contributed by atoms with E-state index >= 15 is 0 Å². The van der Waals surface area contributed by atoms with Gasteiger partial charge in [-0.3, -0.25) is 0 Å². The third-order valence-electron chi connectivity index (χ3n) is 2.97. The van der Waals surface area contributed by atoms with Crippen LogP contribution in [0.15, 0.2) is 22.7 Å². The average molecular weight is 296 g/mol. The van der Waals surface area contributed by atoms with E-state index in [1.54, 1.807) is 19.2 Å². The van der Waals surface area contributed by atoms with Crippen LogP contribution >= 0.6 is 11.6 Å². The summed E-state index contributed by atoms with van der Waals surface area (Å²) in [6.45, 7) is 2.09. The fourth-order valence-electron chi connectivity index (χ4n) is 1.99. The molecule has 0 aliphatic rings. The third-order valence-corrected chi connectivity index (χ3v) is 3.20. The van der Waals surface area contributed by atoms with E-state index in [2.05, 4.69) is 17.1 Å². The Kier molecular flexibility index (Phi) is 4.98. The lowest BCUT2D eigenvalue weighted by Gasteiger charge is -2.05. The van der Waals surface area contributed by atoms with Crippen molar-refractivity contribution in [2.45, 2.75) is 32.2 Å². The van der Waals surface area contributed by atoms with Gasteiger partial charge < -0.3 is 15.0 Å². The normalized spacial score (nSPS) is 12.4. The molecule has 1 unspecified atom stereocenters. The highest BCUT2D eigenvalue weighted by Gasteiger charge is 2.15. The Labute approximate surface area is 123 Å². The van der Waals surface area contributed by atoms with Crippen LogP contribution in [0.4, 0.5) is 0 Å². The van der Waals surface area contributed by atoms with Gasteiger partial charge in [-0.05, 0) is 24.6 Å². The zero-order valence-electron chi connectivity index (χ0n) is 11.6. The van der Waals surface area contributed by atoms with E-state index < -0.39 is 0 Å². The molecule has 0 aliphatic heterocycles. The summed E-state index contributed by atoms with van der Waals surface area (Å²) in [6, 6.07) is 5.33. The summed E-state index contributed by atoms with van der Waals surface area (Å²) >= 11 is 5.93. The highest BCUT2D eigenvalue weighted by atomic mass is 35.5. The number of methoxy groups -OCH3 is 1. The number of ether oxygens (including phenoxy) is 1. The number of halogens is 1. The molecule has 2 aromatic rings. The van der Waals surface area contributed by atoms with Crippen LogP contribution in [-0.2, 0) is 6.42 Å². The van der Waals surface area contributed by atoms with Crippen LogP contribution in [0.1, 0.15) is 25.7 Å². The Hall–Kier alpha value is -1.59. The molecule has 0 spiro atoms. The second-order valence-electron chi connectivity index (χ2n) is 4.61. The lowest BCUT2D eigenvalue weighted by atomic mass is 10.1. The maximum atomic E-state index is 5.97. The smallest absolute Gasteiger partial charge is 0.228 e. The fourth-order valence-corrected chi connectivity index (χ4v) is 2.16. The largest absolute Gasteiger partial charge is 0.496 e. The molecule has 0 radical (unpaired) electrons. The Balaban J connectivity index is 2.20. The summed E-state index contributed by atoms with van der Waals surface area (Å²) in [5, 5.41) is 4.57. The van der Waals surface area contributed by atoms with Gasteiger partial charge in [0.2, 0.25) is 11.7 Å². The summed E-state index contributed by atoms with van der Waals surface area (Å²) in [5.74, 6) is 1.64. The Bertz CT molecular complexity index is 571. The van der Waals surface area contributed by atoms with E-state index in [1.165, 1.54) is 0 Å². The average Bonchev–Trinajstić information content (AvgIpc) is 2.87. The molecule has 108 valence electrons. The maximum Gasteiger partial charge on any atom is 0.228 e. The predicted octanol–water partition coefficient (Wildman–Crippen LogP) is 3.07. The number of aromatic nitrogens is 2. The first-order chi connectivity index (χ1) is 9.63. The molecule has 0 amide bonds. The summed E-state index contributed by atoms with van der Waals surface area (Å²) in [5.41, 5.74) is 6.72. The molecule has 0 saturated heterocycles. The van der Waals surface area contributed by atoms with Gasteiger partial charge in [0.1, 0.15) is 5.75 Å². The summed E-state index contributed by atoms with van der Waals surface area (Å²) in [7, 11) is 1.58. The van der Waals surface area contributed by atoms with Crippen LogP contribution in [0.3, 0.4) is 0 Å². The number of hydrogen-bond acceptors (Lipinski definition) is 5. The van der Waals surface area contributed by atoms with Gasteiger partial charge in [-0.2, -0.15) is 4.98 Å². The molecular formula is C14H18ClN3O2. The molecule has 20 heavy (non-hydrogen) atoms. The Morgan fingerprint density at radius 3 is 2.95 bits per heavy atom. The second kappa shape index (κ2) is 6.72. The molecule has 0 fully saturated rings. The monoisotopic (exact) mass is 295 g/mol. The van der Waals surface area contributed by atoms with Gasteiger partial charge in [0.05, 0.1) is 12.7 Å². The number of benzene rings is 1. The van der Waals surface area contributed by atoms with Gasteiger partial charge in [0, 0.05) is 17.5 Å². The van der Waals surface area contributed by atoms with Crippen molar-refractivity contribution < 1.29 is 9.26 Å². The minimum Gasteiger partial charge on any atom is -0.496 e. The molecule has 5 nitrogen and oxygen atoms in total. The minimum atomic E-state index is 0.0420. The molecule has 6 heteroatoms. The van der Waals surface area contributed by atoms with Crippen molar-refractivity contribution >= 4 is 11.6 Å². The summed E-state index contributed by atoms with van der Waals surface area (Å²) < 4.78 is 10.5. The van der Waals surface area contributed by atoms with Crippen LogP contribution in [0.25, 0.3) is 11.4 Å². The molecule has 1 atom stereocenters. The molecule has 0 bridgehead atoms. The van der Waals surface area contributed by atoms with Gasteiger partial charge in [-0.15, -0.1) is 0 Å². The molecule has 1 aromatic carbocycles. The topological polar surface area (TPSA) is 74.2 Å².